The van der Waals surface area contributed by atoms with Crippen molar-refractivity contribution in [1.29, 1.82) is 0 Å². The number of nitrogens with zero attached hydrogens (tertiary/aromatic N) is 1. The van der Waals surface area contributed by atoms with E-state index in [4.69, 9.17) is 18.9 Å². The molecule has 5 aliphatic rings. The normalized spacial score (nSPS) is 24.5. The minimum Gasteiger partial charge on any atom is -0.508 e. The van der Waals surface area contributed by atoms with Crippen molar-refractivity contribution in [2.75, 3.05) is 46.8 Å². The molecule has 1 aliphatic carbocycles. The van der Waals surface area contributed by atoms with Gasteiger partial charge in [0.25, 0.3) is 0 Å². The molecule has 4 aromatic rings. The van der Waals surface area contributed by atoms with Crippen molar-refractivity contribution < 1.29 is 44.5 Å². The van der Waals surface area contributed by atoms with Gasteiger partial charge in [-0.2, -0.15) is 0 Å². The lowest BCUT2D eigenvalue weighted by Crippen LogP contribution is -2.62. The zero-order valence-corrected chi connectivity index (χ0v) is 37.7. The van der Waals surface area contributed by atoms with E-state index in [2.05, 4.69) is 70.9 Å². The Morgan fingerprint density at radius 1 is 0.969 bits per heavy atom. The SMILES string of the molecule is CNCOC12Cc3c4c(c5c(c3OC1c1ccc(O)c(c1)OC(CO)CC#CC2NCNCC(C)(O)CC(C)C)CCC(CO)O5)-c1ccc(O)cc1C(Cc1ccc2c(c1)=CCN=2)C4. The number of hydrogen-bond donors (Lipinski definition) is 8. The molecular formula is C52H62N4O9. The number of aromatic hydroxyl groups is 2. The van der Waals surface area contributed by atoms with E-state index in [1.165, 1.54) is 5.56 Å². The first-order valence-corrected chi connectivity index (χ1v) is 23.1. The molecule has 7 atom stereocenters. The lowest BCUT2D eigenvalue weighted by atomic mass is 9.69. The minimum atomic E-state index is -1.23. The molecule has 4 heterocycles. The van der Waals surface area contributed by atoms with Gasteiger partial charge in [0.1, 0.15) is 41.1 Å². The molecule has 0 spiro atoms. The highest BCUT2D eigenvalue weighted by atomic mass is 16.6. The summed E-state index contributed by atoms with van der Waals surface area (Å²) in [5.41, 5.74) is 5.52. The highest BCUT2D eigenvalue weighted by Gasteiger charge is 2.54. The van der Waals surface area contributed by atoms with Crippen LogP contribution in [0.4, 0.5) is 0 Å². The van der Waals surface area contributed by atoms with Crippen LogP contribution in [0.3, 0.4) is 0 Å². The number of benzene rings is 4. The molecule has 7 unspecified atom stereocenters. The molecule has 9 rings (SSSR count). The Bertz CT molecular complexity index is 2620. The minimum absolute atomic E-state index is 0.0383. The standard InChI is InChI=1S/C52H62N4O9/c1-30(2)23-51(3,61)27-54-28-56-46-7-5-6-36(25-57)63-45-21-33(9-15-44(45)60)50-52(46,62-29-53-4)24-42-41-20-34(19-31-8-14-43-32(18-31)16-17-55-43)40-22-35(59)10-12-38(40)47(41)49-39(48(42)65-50)13-11-37(26-58)64-49/h8-10,12,14-16,18,21-22,30,34,36-37,46,50,53-54,56-61H,6,11,13,17,19-20,23-29H2,1-4H3. The largest absolute Gasteiger partial charge is 0.508 e. The van der Waals surface area contributed by atoms with E-state index in [9.17, 15) is 25.5 Å². The van der Waals surface area contributed by atoms with Gasteiger partial charge in [-0.3, -0.25) is 15.6 Å². The molecule has 13 heteroatoms. The predicted octanol–water partition coefficient (Wildman–Crippen LogP) is 3.80. The molecule has 0 saturated carbocycles. The number of hydrogen-bond acceptors (Lipinski definition) is 13. The second-order valence-electron chi connectivity index (χ2n) is 19.0. The smallest absolute Gasteiger partial charge is 0.161 e. The molecule has 0 fully saturated rings. The topological polar surface area (TPSA) is 187 Å². The third-order valence-electron chi connectivity index (χ3n) is 13.5. The third-order valence-corrected chi connectivity index (χ3v) is 13.5. The van der Waals surface area contributed by atoms with Crippen LogP contribution in [0.1, 0.15) is 85.4 Å². The molecule has 2 bridgehead atoms. The second-order valence-corrected chi connectivity index (χ2v) is 19.0. The molecule has 0 amide bonds. The van der Waals surface area contributed by atoms with E-state index < -0.39 is 35.6 Å². The first-order chi connectivity index (χ1) is 31.4. The Morgan fingerprint density at radius 3 is 2.62 bits per heavy atom. The summed E-state index contributed by atoms with van der Waals surface area (Å²) in [5.74, 6) is 8.78. The van der Waals surface area contributed by atoms with Crippen LogP contribution >= 0.6 is 0 Å². The number of phenolic OH excluding ortho intramolecular Hbond substituents is 2. The van der Waals surface area contributed by atoms with Crippen molar-refractivity contribution in [3.8, 4) is 51.7 Å². The van der Waals surface area contributed by atoms with Crippen molar-refractivity contribution in [2.45, 2.75) is 107 Å². The summed E-state index contributed by atoms with van der Waals surface area (Å²) in [6.45, 7) is 7.00. The van der Waals surface area contributed by atoms with Crippen molar-refractivity contribution in [1.82, 2.24) is 16.0 Å². The molecule has 8 N–H and O–H groups in total. The summed E-state index contributed by atoms with van der Waals surface area (Å²) in [6.07, 6.45) is 3.82. The van der Waals surface area contributed by atoms with E-state index in [1.54, 1.807) is 18.2 Å². The first-order valence-electron chi connectivity index (χ1n) is 23.1. The van der Waals surface area contributed by atoms with Gasteiger partial charge in [0.2, 0.25) is 0 Å². The van der Waals surface area contributed by atoms with Crippen LogP contribution in [-0.2, 0) is 30.4 Å². The third kappa shape index (κ3) is 8.93. The van der Waals surface area contributed by atoms with Gasteiger partial charge in [0.05, 0.1) is 37.4 Å². The van der Waals surface area contributed by atoms with Gasteiger partial charge < -0.3 is 49.8 Å². The Hall–Kier alpha value is -5.17. The van der Waals surface area contributed by atoms with Gasteiger partial charge in [-0.1, -0.05) is 50.0 Å². The van der Waals surface area contributed by atoms with Crippen molar-refractivity contribution in [3.05, 3.63) is 98.6 Å². The summed E-state index contributed by atoms with van der Waals surface area (Å²) < 4.78 is 27.7. The average molecular weight is 887 g/mol. The number of ether oxygens (including phenoxy) is 4. The van der Waals surface area contributed by atoms with E-state index in [0.29, 0.717) is 74.6 Å². The van der Waals surface area contributed by atoms with Gasteiger partial charge in [-0.25, -0.2) is 0 Å². The maximum absolute atomic E-state index is 11.2. The lowest BCUT2D eigenvalue weighted by molar-refractivity contribution is -0.141. The Morgan fingerprint density at radius 2 is 1.82 bits per heavy atom. The summed E-state index contributed by atoms with van der Waals surface area (Å²) in [7, 11) is 1.83. The highest BCUT2D eigenvalue weighted by molar-refractivity contribution is 5.85. The zero-order chi connectivity index (χ0) is 45.5. The zero-order valence-electron chi connectivity index (χ0n) is 37.7. The number of nitrogens with one attached hydrogen (secondary N) is 3. The van der Waals surface area contributed by atoms with Crippen LogP contribution in [0, 0.1) is 17.8 Å². The quantitative estimate of drug-likeness (QED) is 0.0522. The fourth-order valence-corrected chi connectivity index (χ4v) is 10.7. The van der Waals surface area contributed by atoms with Gasteiger partial charge >= 0.3 is 0 Å². The molecule has 0 aromatic heterocycles. The Labute approximate surface area is 380 Å². The molecule has 13 nitrogen and oxygen atoms in total. The number of phenols is 2. The number of aliphatic hydroxyl groups excluding tert-OH is 2. The second kappa shape index (κ2) is 18.6. The predicted molar refractivity (Wildman–Crippen MR) is 247 cm³/mol. The Kier molecular flexibility index (Phi) is 12.9. The van der Waals surface area contributed by atoms with Gasteiger partial charge in [0, 0.05) is 42.7 Å². The molecular weight excluding hydrogens is 825 g/mol. The van der Waals surface area contributed by atoms with Crippen molar-refractivity contribution >= 4 is 6.08 Å². The van der Waals surface area contributed by atoms with E-state index >= 15 is 0 Å². The fraction of sp³-hybridized carbons (Fsp3) is 0.481. The number of rotatable bonds is 14. The van der Waals surface area contributed by atoms with E-state index in [0.717, 1.165) is 44.0 Å². The van der Waals surface area contributed by atoms with Crippen LogP contribution in [-0.4, -0.2) is 102 Å². The molecule has 0 radical (unpaired) electrons. The molecule has 0 saturated heterocycles. The number of aliphatic hydroxyl groups is 3. The summed E-state index contributed by atoms with van der Waals surface area (Å²) in [5, 5.41) is 66.7. The lowest BCUT2D eigenvalue weighted by Gasteiger charge is -2.49. The monoisotopic (exact) mass is 886 g/mol. The van der Waals surface area contributed by atoms with Gasteiger partial charge in [-0.15, -0.1) is 0 Å². The molecule has 65 heavy (non-hydrogen) atoms. The maximum Gasteiger partial charge on any atom is 0.161 e. The first kappa shape index (κ1) is 45.0. The molecule has 344 valence electrons. The summed E-state index contributed by atoms with van der Waals surface area (Å²) in [6, 6.07) is 16.5. The molecule has 4 aromatic carbocycles. The van der Waals surface area contributed by atoms with Crippen LogP contribution in [0.15, 0.2) is 59.6 Å². The molecule has 4 aliphatic heterocycles. The van der Waals surface area contributed by atoms with E-state index in [-0.39, 0.29) is 56.2 Å². The summed E-state index contributed by atoms with van der Waals surface area (Å²) in [4.78, 5) is 4.62. The Balaban J connectivity index is 1.23. The van der Waals surface area contributed by atoms with Crippen LogP contribution in [0.2, 0.25) is 0 Å². The maximum atomic E-state index is 11.2. The van der Waals surface area contributed by atoms with Crippen molar-refractivity contribution in [2.24, 2.45) is 10.9 Å². The van der Waals surface area contributed by atoms with Gasteiger partial charge in [0.15, 0.2) is 17.6 Å². The van der Waals surface area contributed by atoms with E-state index in [1.807, 2.05) is 32.2 Å². The van der Waals surface area contributed by atoms with Crippen molar-refractivity contribution in [3.63, 3.8) is 0 Å². The average Bonchev–Trinajstić information content (AvgIpc) is 3.76. The fourth-order valence-electron chi connectivity index (χ4n) is 10.7. The van der Waals surface area contributed by atoms with Crippen LogP contribution in [0.25, 0.3) is 17.2 Å². The van der Waals surface area contributed by atoms with Crippen LogP contribution < -0.4 is 40.7 Å². The van der Waals surface area contributed by atoms with Gasteiger partial charge in [-0.05, 0) is 127 Å². The number of fused-ring (bicyclic) bond motifs is 13. The summed E-state index contributed by atoms with van der Waals surface area (Å²) >= 11 is 0. The highest BCUT2D eigenvalue weighted by Crippen LogP contribution is 2.58. The van der Waals surface area contributed by atoms with Crippen LogP contribution in [0.5, 0.6) is 28.7 Å².